The minimum absolute atomic E-state index is 0.0324. The van der Waals surface area contributed by atoms with Crippen molar-refractivity contribution in [2.45, 2.75) is 31.7 Å². The third-order valence-electron chi connectivity index (χ3n) is 1.61. The van der Waals surface area contributed by atoms with Gasteiger partial charge in [-0.1, -0.05) is 6.08 Å². The van der Waals surface area contributed by atoms with Crippen LogP contribution in [0.25, 0.3) is 0 Å². The Hall–Kier alpha value is -0.340. The van der Waals surface area contributed by atoms with Crippen LogP contribution in [0.5, 0.6) is 0 Å². The Morgan fingerprint density at radius 2 is 2.22 bits per heavy atom. The average Bonchev–Trinajstić information content (AvgIpc) is 2.38. The average molecular weight is 128 g/mol. The Kier molecular flexibility index (Phi) is 1.37. The molecule has 2 atom stereocenters. The minimum atomic E-state index is -0.500. The molecule has 1 aliphatic rings. The van der Waals surface area contributed by atoms with E-state index in [4.69, 9.17) is 9.84 Å². The smallest absolute Gasteiger partial charge is 0.116 e. The summed E-state index contributed by atoms with van der Waals surface area (Å²) in [5, 5.41) is 9.09. The highest BCUT2D eigenvalue weighted by atomic mass is 16.6. The molecule has 0 bridgehead atoms. The van der Waals surface area contributed by atoms with E-state index in [-0.39, 0.29) is 11.7 Å². The Balaban J connectivity index is 2.42. The second-order valence-corrected chi connectivity index (χ2v) is 2.87. The maximum Gasteiger partial charge on any atom is 0.116 e. The SMILES string of the molecule is C=CC(O)C1OC1(C)C. The standard InChI is InChI=1S/C7H12O2/c1-4-5(8)6-7(2,3)9-6/h4-6,8H,1H2,2-3H3. The summed E-state index contributed by atoms with van der Waals surface area (Å²) in [5.41, 5.74) is -0.131. The van der Waals surface area contributed by atoms with Gasteiger partial charge in [0.05, 0.1) is 5.60 Å². The maximum atomic E-state index is 9.09. The van der Waals surface area contributed by atoms with Gasteiger partial charge in [-0.05, 0) is 13.8 Å². The summed E-state index contributed by atoms with van der Waals surface area (Å²) in [6.07, 6.45) is 0.967. The molecule has 1 heterocycles. The molecule has 1 rings (SSSR count). The quantitative estimate of drug-likeness (QED) is 0.439. The molecule has 1 fully saturated rings. The number of epoxide rings is 1. The molecule has 0 amide bonds. The fourth-order valence-electron chi connectivity index (χ4n) is 0.898. The van der Waals surface area contributed by atoms with Gasteiger partial charge in [0.15, 0.2) is 0 Å². The van der Waals surface area contributed by atoms with Crippen LogP contribution >= 0.6 is 0 Å². The second kappa shape index (κ2) is 1.82. The van der Waals surface area contributed by atoms with E-state index in [0.29, 0.717) is 0 Å². The van der Waals surface area contributed by atoms with Crippen molar-refractivity contribution in [1.29, 1.82) is 0 Å². The molecule has 52 valence electrons. The van der Waals surface area contributed by atoms with Crippen molar-refractivity contribution in [3.63, 3.8) is 0 Å². The highest BCUT2D eigenvalue weighted by Gasteiger charge is 2.51. The molecule has 0 aliphatic carbocycles. The number of rotatable bonds is 2. The molecule has 0 aromatic heterocycles. The minimum Gasteiger partial charge on any atom is -0.386 e. The van der Waals surface area contributed by atoms with Crippen molar-refractivity contribution >= 4 is 0 Å². The van der Waals surface area contributed by atoms with Crippen LogP contribution in [0, 0.1) is 0 Å². The predicted molar refractivity (Wildman–Crippen MR) is 35.2 cm³/mol. The van der Waals surface area contributed by atoms with Gasteiger partial charge in [0, 0.05) is 0 Å². The summed E-state index contributed by atoms with van der Waals surface area (Å²) in [6.45, 7) is 7.36. The van der Waals surface area contributed by atoms with E-state index in [0.717, 1.165) is 0 Å². The summed E-state index contributed by atoms with van der Waals surface area (Å²) in [7, 11) is 0. The van der Waals surface area contributed by atoms with Crippen LogP contribution in [0.4, 0.5) is 0 Å². The zero-order chi connectivity index (χ0) is 7.07. The van der Waals surface area contributed by atoms with E-state index >= 15 is 0 Å². The van der Waals surface area contributed by atoms with Gasteiger partial charge in [-0.3, -0.25) is 0 Å². The number of aliphatic hydroxyl groups excluding tert-OH is 1. The van der Waals surface area contributed by atoms with Crippen LogP contribution in [-0.2, 0) is 4.74 Å². The number of hydrogen-bond donors (Lipinski definition) is 1. The number of aliphatic hydroxyl groups is 1. The van der Waals surface area contributed by atoms with E-state index in [1.54, 1.807) is 0 Å². The topological polar surface area (TPSA) is 32.8 Å². The van der Waals surface area contributed by atoms with Gasteiger partial charge in [0.2, 0.25) is 0 Å². The molecular formula is C7H12O2. The molecule has 0 spiro atoms. The lowest BCUT2D eigenvalue weighted by Gasteiger charge is -1.99. The number of hydrogen-bond acceptors (Lipinski definition) is 2. The molecule has 9 heavy (non-hydrogen) atoms. The lowest BCUT2D eigenvalue weighted by atomic mass is 10.1. The molecular weight excluding hydrogens is 116 g/mol. The maximum absolute atomic E-state index is 9.09. The zero-order valence-electron chi connectivity index (χ0n) is 5.79. The van der Waals surface area contributed by atoms with Gasteiger partial charge in [-0.15, -0.1) is 6.58 Å². The lowest BCUT2D eigenvalue weighted by molar-refractivity contribution is 0.177. The van der Waals surface area contributed by atoms with Gasteiger partial charge >= 0.3 is 0 Å². The van der Waals surface area contributed by atoms with E-state index in [1.165, 1.54) is 6.08 Å². The fourth-order valence-corrected chi connectivity index (χ4v) is 0.898. The molecule has 1 N–H and O–H groups in total. The molecule has 0 radical (unpaired) electrons. The first-order chi connectivity index (χ1) is 4.08. The summed E-state index contributed by atoms with van der Waals surface area (Å²) >= 11 is 0. The Bertz CT molecular complexity index is 129. The van der Waals surface area contributed by atoms with Gasteiger partial charge in [0.1, 0.15) is 12.2 Å². The molecule has 2 heteroatoms. The molecule has 1 aliphatic heterocycles. The molecule has 2 nitrogen and oxygen atoms in total. The lowest BCUT2D eigenvalue weighted by Crippen LogP contribution is -2.17. The summed E-state index contributed by atoms with van der Waals surface area (Å²) in [4.78, 5) is 0. The fraction of sp³-hybridized carbons (Fsp3) is 0.714. The van der Waals surface area contributed by atoms with Gasteiger partial charge in [0.25, 0.3) is 0 Å². The molecule has 2 unspecified atom stereocenters. The van der Waals surface area contributed by atoms with Crippen molar-refractivity contribution in [1.82, 2.24) is 0 Å². The largest absolute Gasteiger partial charge is 0.386 e. The highest BCUT2D eigenvalue weighted by Crippen LogP contribution is 2.37. The van der Waals surface area contributed by atoms with Crippen molar-refractivity contribution in [3.8, 4) is 0 Å². The number of ether oxygens (including phenoxy) is 1. The van der Waals surface area contributed by atoms with Gasteiger partial charge < -0.3 is 9.84 Å². The van der Waals surface area contributed by atoms with E-state index < -0.39 is 6.10 Å². The van der Waals surface area contributed by atoms with E-state index in [9.17, 15) is 0 Å². The van der Waals surface area contributed by atoms with Crippen LogP contribution in [0.1, 0.15) is 13.8 Å². The Morgan fingerprint density at radius 3 is 2.33 bits per heavy atom. The molecule has 0 aromatic rings. The van der Waals surface area contributed by atoms with E-state index in [1.807, 2.05) is 13.8 Å². The first kappa shape index (κ1) is 6.78. The molecule has 0 aromatic carbocycles. The summed E-state index contributed by atoms with van der Waals surface area (Å²) < 4.78 is 5.14. The zero-order valence-corrected chi connectivity index (χ0v) is 5.79. The third kappa shape index (κ3) is 1.14. The Morgan fingerprint density at radius 1 is 1.78 bits per heavy atom. The third-order valence-corrected chi connectivity index (χ3v) is 1.61. The van der Waals surface area contributed by atoms with Crippen molar-refractivity contribution in [2.75, 3.05) is 0 Å². The predicted octanol–water partition coefficient (Wildman–Crippen LogP) is 0.711. The van der Waals surface area contributed by atoms with Crippen molar-refractivity contribution in [2.24, 2.45) is 0 Å². The van der Waals surface area contributed by atoms with Crippen LogP contribution in [0.15, 0.2) is 12.7 Å². The molecule has 1 saturated heterocycles. The highest BCUT2D eigenvalue weighted by molar-refractivity contribution is 5.04. The van der Waals surface area contributed by atoms with Crippen LogP contribution in [-0.4, -0.2) is 22.9 Å². The van der Waals surface area contributed by atoms with Gasteiger partial charge in [-0.2, -0.15) is 0 Å². The van der Waals surface area contributed by atoms with Gasteiger partial charge in [-0.25, -0.2) is 0 Å². The normalized spacial score (nSPS) is 33.4. The van der Waals surface area contributed by atoms with Crippen molar-refractivity contribution < 1.29 is 9.84 Å². The first-order valence-electron chi connectivity index (χ1n) is 3.06. The van der Waals surface area contributed by atoms with Crippen LogP contribution in [0.3, 0.4) is 0 Å². The molecule has 0 saturated carbocycles. The summed E-state index contributed by atoms with van der Waals surface area (Å²) in [5.74, 6) is 0. The van der Waals surface area contributed by atoms with E-state index in [2.05, 4.69) is 6.58 Å². The summed E-state index contributed by atoms with van der Waals surface area (Å²) in [6, 6.07) is 0. The van der Waals surface area contributed by atoms with Crippen LogP contribution < -0.4 is 0 Å². The van der Waals surface area contributed by atoms with Crippen molar-refractivity contribution in [3.05, 3.63) is 12.7 Å². The van der Waals surface area contributed by atoms with Crippen LogP contribution in [0.2, 0.25) is 0 Å². The monoisotopic (exact) mass is 128 g/mol. The second-order valence-electron chi connectivity index (χ2n) is 2.87. The Labute approximate surface area is 55.1 Å². The first-order valence-corrected chi connectivity index (χ1v) is 3.06.